The number of hydrogen-bond donors (Lipinski definition) is 4. The minimum atomic E-state index is -1.15. The number of carbonyl (C=O) groups excluding carboxylic acids is 2. The van der Waals surface area contributed by atoms with Gasteiger partial charge in [0, 0.05) is 6.92 Å². The number of nitrogens with one attached hydrogen (secondary N) is 1. The van der Waals surface area contributed by atoms with Crippen LogP contribution in [0.2, 0.25) is 0 Å². The fourth-order valence-corrected chi connectivity index (χ4v) is 0.180. The van der Waals surface area contributed by atoms with Gasteiger partial charge in [-0.3, -0.25) is 14.4 Å². The highest BCUT2D eigenvalue weighted by Crippen LogP contribution is 1.95. The molecule has 0 rings (SSSR count). The van der Waals surface area contributed by atoms with Gasteiger partial charge >= 0.3 is 0 Å². The molecule has 128 valence electrons. The van der Waals surface area contributed by atoms with Crippen molar-refractivity contribution in [2.24, 2.45) is 5.73 Å². The number of hydrogen-bond acceptors (Lipinski definition) is 6. The van der Waals surface area contributed by atoms with Crippen molar-refractivity contribution in [1.82, 2.24) is 5.32 Å². The largest absolute Gasteiger partial charge is 0.481 e. The van der Waals surface area contributed by atoms with E-state index in [1.807, 2.05) is 6.07 Å². The van der Waals surface area contributed by atoms with Gasteiger partial charge < -0.3 is 26.7 Å². The topological polar surface area (TPSA) is 209 Å². The van der Waals surface area contributed by atoms with Gasteiger partial charge in [-0.2, -0.15) is 10.5 Å². The van der Waals surface area contributed by atoms with Crippen LogP contribution in [0.3, 0.4) is 0 Å². The first kappa shape index (κ1) is 31.6. The van der Waals surface area contributed by atoms with Crippen LogP contribution in [0.5, 0.6) is 0 Å². The summed E-state index contributed by atoms with van der Waals surface area (Å²) in [4.78, 5) is 27.3. The molecule has 0 spiro atoms. The van der Waals surface area contributed by atoms with Crippen LogP contribution in [0.15, 0.2) is 0 Å². The number of nitriles is 2. The van der Waals surface area contributed by atoms with Crippen molar-refractivity contribution in [3.8, 4) is 12.1 Å². The van der Waals surface area contributed by atoms with Crippen molar-refractivity contribution >= 4 is 18.8 Å². The fourth-order valence-electron chi connectivity index (χ4n) is 0.180. The zero-order valence-electron chi connectivity index (χ0n) is 13.2. The van der Waals surface area contributed by atoms with Gasteiger partial charge in [0.15, 0.2) is 0 Å². The van der Waals surface area contributed by atoms with Gasteiger partial charge in [-0.1, -0.05) is 0 Å². The smallest absolute Gasteiger partial charge is 0.300 e. The predicted octanol–water partition coefficient (Wildman–Crippen LogP) is -1.32. The molecular weight excluding hydrogens is 296 g/mol. The van der Waals surface area contributed by atoms with Crippen LogP contribution in [-0.2, 0) is 14.4 Å². The molecule has 7 N–H and O–H groups in total. The molecule has 0 aliphatic carbocycles. The maximum Gasteiger partial charge on any atom is 0.300 e. The van der Waals surface area contributed by atoms with Crippen molar-refractivity contribution in [3.05, 3.63) is 0 Å². The van der Waals surface area contributed by atoms with Crippen LogP contribution in [0.4, 0.5) is 0 Å². The van der Waals surface area contributed by atoms with Crippen molar-refractivity contribution in [2.45, 2.75) is 45.8 Å². The molecule has 0 aromatic heterocycles. The van der Waals surface area contributed by atoms with Crippen LogP contribution >= 0.6 is 0 Å². The second-order valence-corrected chi connectivity index (χ2v) is 4.32. The molecule has 0 radical (unpaired) electrons. The van der Waals surface area contributed by atoms with E-state index in [0.29, 0.717) is 6.41 Å². The van der Waals surface area contributed by atoms with E-state index < -0.39 is 17.1 Å². The third-order valence-electron chi connectivity index (χ3n) is 0.973. The van der Waals surface area contributed by atoms with E-state index in [2.05, 4.69) is 11.1 Å². The lowest BCUT2D eigenvalue weighted by Gasteiger charge is -2.11. The van der Waals surface area contributed by atoms with Gasteiger partial charge in [0.25, 0.3) is 5.97 Å². The van der Waals surface area contributed by atoms with Gasteiger partial charge in [-0.25, -0.2) is 0 Å². The van der Waals surface area contributed by atoms with Crippen molar-refractivity contribution in [3.63, 3.8) is 0 Å². The van der Waals surface area contributed by atoms with Crippen molar-refractivity contribution < 1.29 is 30.1 Å². The summed E-state index contributed by atoms with van der Waals surface area (Å²) in [5.41, 5.74) is 2.29. The molecular formula is C12H24N4O6. The van der Waals surface area contributed by atoms with E-state index in [1.165, 1.54) is 13.8 Å². The average Bonchev–Trinajstić information content (AvgIpc) is 2.29. The molecule has 0 aromatic carbocycles. The van der Waals surface area contributed by atoms with Crippen LogP contribution in [0.25, 0.3) is 0 Å². The van der Waals surface area contributed by atoms with Crippen molar-refractivity contribution in [1.29, 1.82) is 10.5 Å². The molecule has 0 aromatic rings. The summed E-state index contributed by atoms with van der Waals surface area (Å²) < 4.78 is 0. The summed E-state index contributed by atoms with van der Waals surface area (Å²) in [7, 11) is 0. The van der Waals surface area contributed by atoms with E-state index >= 15 is 0 Å². The Morgan fingerprint density at radius 3 is 1.45 bits per heavy atom. The first-order valence-electron chi connectivity index (χ1n) is 5.44. The number of carboxylic acids is 1. The lowest BCUT2D eigenvalue weighted by atomic mass is 10.1. The number of carbonyl (C=O) groups is 3. The minimum absolute atomic E-state index is 0. The summed E-state index contributed by atoms with van der Waals surface area (Å²) in [6, 6.07) is 3.56. The van der Waals surface area contributed by atoms with E-state index in [-0.39, 0.29) is 11.9 Å². The van der Waals surface area contributed by atoms with Crippen LogP contribution < -0.4 is 11.1 Å². The van der Waals surface area contributed by atoms with E-state index in [0.717, 1.165) is 6.92 Å². The Hall–Kier alpha value is -2.69. The number of primary amides is 1. The van der Waals surface area contributed by atoms with Gasteiger partial charge in [-0.15, -0.1) is 0 Å². The monoisotopic (exact) mass is 320 g/mol. The molecule has 0 aliphatic rings. The molecule has 0 fully saturated rings. The number of nitrogens with two attached hydrogens (primary N) is 1. The number of aliphatic carboxylic acids is 1. The highest BCUT2D eigenvalue weighted by Gasteiger charge is 2.12. The number of nitrogens with zero attached hydrogens (tertiary/aromatic N) is 2. The van der Waals surface area contributed by atoms with Crippen LogP contribution in [0.1, 0.15) is 34.6 Å². The second kappa shape index (κ2) is 18.3. The first-order chi connectivity index (χ1) is 9.33. The maximum atomic E-state index is 9.72. The summed E-state index contributed by atoms with van der Waals surface area (Å²) in [5, 5.41) is 34.4. The predicted molar refractivity (Wildman–Crippen MR) is 78.0 cm³/mol. The highest BCUT2D eigenvalue weighted by atomic mass is 16.4. The zero-order valence-corrected chi connectivity index (χ0v) is 13.2. The van der Waals surface area contributed by atoms with Gasteiger partial charge in [0.1, 0.15) is 11.1 Å². The van der Waals surface area contributed by atoms with E-state index in [4.69, 9.17) is 30.3 Å². The normalized spacial score (nSPS) is 8.00. The minimum Gasteiger partial charge on any atom is -0.481 e. The molecule has 10 nitrogen and oxygen atoms in total. The van der Waals surface area contributed by atoms with Crippen LogP contribution in [-0.4, -0.2) is 45.6 Å². The zero-order chi connectivity index (χ0) is 18.1. The Kier molecular flexibility index (Phi) is 26.3. The molecule has 0 aliphatic heterocycles. The summed E-state index contributed by atoms with van der Waals surface area (Å²) in [6.07, 6.45) is 0.767. The second-order valence-electron chi connectivity index (χ2n) is 4.32. The van der Waals surface area contributed by atoms with Gasteiger partial charge in [0.05, 0.1) is 12.1 Å². The lowest BCUT2D eigenvalue weighted by Crippen LogP contribution is -2.36. The van der Waals surface area contributed by atoms with Crippen molar-refractivity contribution in [2.75, 3.05) is 0 Å². The Morgan fingerprint density at radius 1 is 1.18 bits per heavy atom. The quantitative estimate of drug-likeness (QED) is 0.355. The Labute approximate surface area is 129 Å². The number of aliphatic hydroxyl groups is 1. The molecule has 2 amide bonds. The summed E-state index contributed by atoms with van der Waals surface area (Å²) in [6.45, 7) is 7.21. The molecule has 10 heteroatoms. The molecule has 0 saturated carbocycles. The lowest BCUT2D eigenvalue weighted by molar-refractivity contribution is -0.134. The van der Waals surface area contributed by atoms with Gasteiger partial charge in [-0.05, 0) is 27.7 Å². The highest BCUT2D eigenvalue weighted by molar-refractivity contribution is 5.62. The number of rotatable bonds is 2. The molecule has 0 unspecified atom stereocenters. The Bertz CT molecular complexity index is 373. The van der Waals surface area contributed by atoms with Crippen LogP contribution in [0, 0.1) is 22.7 Å². The molecule has 0 bridgehead atoms. The Balaban J connectivity index is -0.0000000615. The van der Waals surface area contributed by atoms with E-state index in [1.54, 1.807) is 19.9 Å². The first-order valence-corrected chi connectivity index (χ1v) is 5.44. The standard InChI is InChI=1S/C5H8N2O.C4H7NO.C2H4O2.CH3NO.H2O/c1-5(2,3-6)7-4-8;1-4(2,6)3-5;1-2(3)4;2-1-3;/h4H,1-2H3,(H,7,8);6H,1-2H3;1H3,(H,3,4);1H,(H2,2,3);1H2. The molecule has 0 heterocycles. The fraction of sp³-hybridized carbons (Fsp3) is 0.583. The number of carboxylic acid groups (broad SMARTS) is 1. The van der Waals surface area contributed by atoms with E-state index in [9.17, 15) is 4.79 Å². The molecule has 0 saturated heterocycles. The maximum absolute atomic E-state index is 9.72. The average molecular weight is 320 g/mol. The SMILES string of the molecule is CC(=O)O.CC(C)(C#N)NC=O.CC(C)(O)C#N.NC=O.O. The summed E-state index contributed by atoms with van der Waals surface area (Å²) >= 11 is 0. The number of amides is 2. The molecule has 22 heavy (non-hydrogen) atoms. The molecule has 0 atom stereocenters. The summed E-state index contributed by atoms with van der Waals surface area (Å²) in [5.74, 6) is -0.833. The van der Waals surface area contributed by atoms with Gasteiger partial charge in [0.2, 0.25) is 12.8 Å². The Morgan fingerprint density at radius 2 is 1.41 bits per heavy atom. The third kappa shape index (κ3) is 86.2. The third-order valence-corrected chi connectivity index (χ3v) is 0.973.